The minimum Gasteiger partial charge on any atom is -0.396 e. The van der Waals surface area contributed by atoms with E-state index >= 15 is 0 Å². The largest absolute Gasteiger partial charge is 0.396 e. The molecule has 1 heterocycles. The Bertz CT molecular complexity index is 483. The summed E-state index contributed by atoms with van der Waals surface area (Å²) in [6.45, 7) is 2.62. The Labute approximate surface area is 110 Å². The molecule has 3 nitrogen and oxygen atoms in total. The van der Waals surface area contributed by atoms with Crippen LogP contribution in [-0.4, -0.2) is 35.6 Å². The fourth-order valence-corrected chi connectivity index (χ4v) is 2.31. The summed E-state index contributed by atoms with van der Waals surface area (Å²) in [5.74, 6) is -1.66. The molecule has 1 saturated heterocycles. The zero-order valence-corrected chi connectivity index (χ0v) is 10.8. The number of aliphatic hydroxyl groups excluding tert-OH is 1. The van der Waals surface area contributed by atoms with Crippen molar-refractivity contribution in [1.29, 1.82) is 0 Å². The lowest BCUT2D eigenvalue weighted by Crippen LogP contribution is -2.39. The van der Waals surface area contributed by atoms with Crippen LogP contribution in [0.3, 0.4) is 0 Å². The Morgan fingerprint density at radius 3 is 2.53 bits per heavy atom. The van der Waals surface area contributed by atoms with Gasteiger partial charge in [-0.15, -0.1) is 0 Å². The molecule has 0 saturated carbocycles. The number of carbonyl (C=O) groups is 1. The monoisotopic (exact) mass is 269 g/mol. The number of halogens is 2. The van der Waals surface area contributed by atoms with Gasteiger partial charge in [0.2, 0.25) is 0 Å². The average Bonchev–Trinajstić information content (AvgIpc) is 2.42. The van der Waals surface area contributed by atoms with E-state index in [0.29, 0.717) is 25.9 Å². The average molecular weight is 269 g/mol. The molecule has 104 valence electrons. The van der Waals surface area contributed by atoms with E-state index in [9.17, 15) is 13.6 Å². The number of carbonyl (C=O) groups excluding carboxylic acids is 1. The maximum absolute atomic E-state index is 13.7. The number of likely N-dealkylation sites (tertiary alicyclic amines) is 1. The second-order valence-electron chi connectivity index (χ2n) is 5.00. The number of hydrogen-bond donors (Lipinski definition) is 1. The number of piperidine rings is 1. The second kappa shape index (κ2) is 5.65. The van der Waals surface area contributed by atoms with Crippen molar-refractivity contribution in [1.82, 2.24) is 4.90 Å². The van der Waals surface area contributed by atoms with Gasteiger partial charge in [0.15, 0.2) is 0 Å². The maximum Gasteiger partial charge on any atom is 0.256 e. The molecule has 0 unspecified atom stereocenters. The molecule has 0 bridgehead atoms. The van der Waals surface area contributed by atoms with Crippen LogP contribution in [0.4, 0.5) is 8.78 Å². The van der Waals surface area contributed by atoms with E-state index in [0.717, 1.165) is 6.07 Å². The topological polar surface area (TPSA) is 40.5 Å². The molecule has 0 aliphatic carbocycles. The SMILES string of the molecule is Cc1cc(C(=O)N2CCC(CO)CC2)c(F)cc1F. The van der Waals surface area contributed by atoms with Gasteiger partial charge in [0.25, 0.3) is 5.91 Å². The first-order valence-electron chi connectivity index (χ1n) is 6.38. The van der Waals surface area contributed by atoms with E-state index in [1.165, 1.54) is 13.0 Å². The predicted molar refractivity (Wildman–Crippen MR) is 66.8 cm³/mol. The number of nitrogens with zero attached hydrogens (tertiary/aromatic N) is 1. The highest BCUT2D eigenvalue weighted by molar-refractivity contribution is 5.94. The third kappa shape index (κ3) is 2.92. The lowest BCUT2D eigenvalue weighted by molar-refractivity contribution is 0.0646. The molecule has 1 fully saturated rings. The molecule has 5 heteroatoms. The number of aryl methyl sites for hydroxylation is 1. The number of amides is 1. The molecule has 19 heavy (non-hydrogen) atoms. The lowest BCUT2D eigenvalue weighted by Gasteiger charge is -2.31. The molecule has 0 atom stereocenters. The van der Waals surface area contributed by atoms with E-state index in [4.69, 9.17) is 5.11 Å². The second-order valence-corrected chi connectivity index (χ2v) is 5.00. The maximum atomic E-state index is 13.7. The Kier molecular flexibility index (Phi) is 4.14. The highest BCUT2D eigenvalue weighted by Gasteiger charge is 2.25. The van der Waals surface area contributed by atoms with Crippen molar-refractivity contribution in [2.24, 2.45) is 5.92 Å². The molecule has 1 aliphatic heterocycles. The Morgan fingerprint density at radius 2 is 1.95 bits per heavy atom. The van der Waals surface area contributed by atoms with Crippen LogP contribution in [0.15, 0.2) is 12.1 Å². The highest BCUT2D eigenvalue weighted by Crippen LogP contribution is 2.21. The summed E-state index contributed by atoms with van der Waals surface area (Å²) in [6, 6.07) is 2.01. The summed E-state index contributed by atoms with van der Waals surface area (Å²) in [7, 11) is 0. The standard InChI is InChI=1S/C14H17F2NO2/c1-9-6-11(13(16)7-12(9)15)14(19)17-4-2-10(8-18)3-5-17/h6-7,10,18H,2-5,8H2,1H3. The normalized spacial score (nSPS) is 16.7. The molecular formula is C14H17F2NO2. The summed E-state index contributed by atoms with van der Waals surface area (Å²) in [4.78, 5) is 13.7. The summed E-state index contributed by atoms with van der Waals surface area (Å²) in [6.07, 6.45) is 1.42. The Morgan fingerprint density at radius 1 is 1.32 bits per heavy atom. The molecular weight excluding hydrogens is 252 g/mol. The van der Waals surface area contributed by atoms with Gasteiger partial charge in [-0.3, -0.25) is 4.79 Å². The molecule has 1 aromatic carbocycles. The fourth-order valence-electron chi connectivity index (χ4n) is 2.31. The molecule has 0 spiro atoms. The molecule has 1 amide bonds. The van der Waals surface area contributed by atoms with Gasteiger partial charge in [0.1, 0.15) is 11.6 Å². The van der Waals surface area contributed by atoms with Gasteiger partial charge in [0, 0.05) is 25.8 Å². The summed E-state index contributed by atoms with van der Waals surface area (Å²) >= 11 is 0. The quantitative estimate of drug-likeness (QED) is 0.893. The minimum atomic E-state index is -0.822. The van der Waals surface area contributed by atoms with Crippen LogP contribution in [0.25, 0.3) is 0 Å². The first-order chi connectivity index (χ1) is 9.02. The van der Waals surface area contributed by atoms with Crippen LogP contribution in [0.2, 0.25) is 0 Å². The van der Waals surface area contributed by atoms with E-state index in [-0.39, 0.29) is 23.7 Å². The van der Waals surface area contributed by atoms with Crippen LogP contribution < -0.4 is 0 Å². The molecule has 0 radical (unpaired) electrons. The van der Waals surface area contributed by atoms with Gasteiger partial charge in [-0.1, -0.05) is 0 Å². The van der Waals surface area contributed by atoms with Crippen LogP contribution in [0.1, 0.15) is 28.8 Å². The first kappa shape index (κ1) is 13.9. The van der Waals surface area contributed by atoms with Gasteiger partial charge in [-0.2, -0.15) is 0 Å². The van der Waals surface area contributed by atoms with E-state index in [2.05, 4.69) is 0 Å². The van der Waals surface area contributed by atoms with Gasteiger partial charge < -0.3 is 10.0 Å². The van der Waals surface area contributed by atoms with Crippen molar-refractivity contribution >= 4 is 5.91 Å². The molecule has 0 aromatic heterocycles. The van der Waals surface area contributed by atoms with Crippen molar-refractivity contribution in [2.45, 2.75) is 19.8 Å². The Balaban J connectivity index is 2.14. The van der Waals surface area contributed by atoms with Crippen molar-refractivity contribution in [3.05, 3.63) is 34.9 Å². The molecule has 1 aliphatic rings. The molecule has 1 aromatic rings. The number of hydrogen-bond acceptors (Lipinski definition) is 2. The summed E-state index contributed by atoms with van der Waals surface area (Å²) in [5, 5.41) is 9.04. The molecule has 2 rings (SSSR count). The van der Waals surface area contributed by atoms with Crippen molar-refractivity contribution < 1.29 is 18.7 Å². The molecule has 1 N–H and O–H groups in total. The van der Waals surface area contributed by atoms with Gasteiger partial charge >= 0.3 is 0 Å². The van der Waals surface area contributed by atoms with Gasteiger partial charge in [-0.05, 0) is 37.3 Å². The van der Waals surface area contributed by atoms with Crippen LogP contribution in [0, 0.1) is 24.5 Å². The summed E-state index contributed by atoms with van der Waals surface area (Å²) < 4.78 is 26.8. The zero-order valence-electron chi connectivity index (χ0n) is 10.8. The van der Waals surface area contributed by atoms with E-state index in [1.807, 2.05) is 0 Å². The van der Waals surface area contributed by atoms with E-state index < -0.39 is 17.5 Å². The predicted octanol–water partition coefficient (Wildman–Crippen LogP) is 2.12. The van der Waals surface area contributed by atoms with Crippen LogP contribution in [-0.2, 0) is 0 Å². The lowest BCUT2D eigenvalue weighted by atomic mass is 9.97. The smallest absolute Gasteiger partial charge is 0.256 e. The third-order valence-corrected chi connectivity index (χ3v) is 3.64. The van der Waals surface area contributed by atoms with Crippen molar-refractivity contribution in [3.63, 3.8) is 0 Å². The van der Waals surface area contributed by atoms with E-state index in [1.54, 1.807) is 4.90 Å². The zero-order chi connectivity index (χ0) is 14.0. The first-order valence-corrected chi connectivity index (χ1v) is 6.38. The van der Waals surface area contributed by atoms with Gasteiger partial charge in [-0.25, -0.2) is 8.78 Å². The highest BCUT2D eigenvalue weighted by atomic mass is 19.1. The minimum absolute atomic E-state index is 0.0821. The summed E-state index contributed by atoms with van der Waals surface area (Å²) in [5.41, 5.74) is 0.177. The number of rotatable bonds is 2. The van der Waals surface area contributed by atoms with Crippen LogP contribution in [0.5, 0.6) is 0 Å². The number of benzene rings is 1. The van der Waals surface area contributed by atoms with Crippen molar-refractivity contribution in [2.75, 3.05) is 19.7 Å². The van der Waals surface area contributed by atoms with Gasteiger partial charge in [0.05, 0.1) is 5.56 Å². The number of aliphatic hydroxyl groups is 1. The van der Waals surface area contributed by atoms with Crippen molar-refractivity contribution in [3.8, 4) is 0 Å². The third-order valence-electron chi connectivity index (χ3n) is 3.64. The van der Waals surface area contributed by atoms with Crippen LogP contribution >= 0.6 is 0 Å². The Hall–Kier alpha value is -1.49. The fraction of sp³-hybridized carbons (Fsp3) is 0.500.